The molecule has 110 valence electrons. The first-order valence-electron chi connectivity index (χ1n) is 6.88. The van der Waals surface area contributed by atoms with Crippen LogP contribution in [0.4, 0.5) is 11.5 Å². The highest BCUT2D eigenvalue weighted by Crippen LogP contribution is 2.24. The zero-order chi connectivity index (χ0) is 14.8. The predicted molar refractivity (Wildman–Crippen MR) is 87.7 cm³/mol. The van der Waals surface area contributed by atoms with Crippen LogP contribution in [0, 0.1) is 6.92 Å². The minimum Gasteiger partial charge on any atom is -0.368 e. The van der Waals surface area contributed by atoms with Gasteiger partial charge in [-0.15, -0.1) is 0 Å². The second kappa shape index (κ2) is 6.08. The van der Waals surface area contributed by atoms with Crippen molar-refractivity contribution < 1.29 is 0 Å². The summed E-state index contributed by atoms with van der Waals surface area (Å²) in [5.74, 6) is 0.931. The number of piperazine rings is 1. The monoisotopic (exact) mass is 322 g/mol. The van der Waals surface area contributed by atoms with Gasteiger partial charge in [-0.05, 0) is 36.7 Å². The Morgan fingerprint density at radius 1 is 1.05 bits per heavy atom. The van der Waals surface area contributed by atoms with Crippen LogP contribution in [0.25, 0.3) is 0 Å². The van der Waals surface area contributed by atoms with Crippen LogP contribution in [-0.4, -0.2) is 36.1 Å². The molecule has 0 radical (unpaired) electrons. The van der Waals surface area contributed by atoms with Crippen molar-refractivity contribution in [3.63, 3.8) is 0 Å². The first-order valence-corrected chi connectivity index (χ1v) is 7.64. The van der Waals surface area contributed by atoms with E-state index in [9.17, 15) is 0 Å². The van der Waals surface area contributed by atoms with Crippen LogP contribution in [0.2, 0.25) is 10.3 Å². The SMILES string of the molecule is Cc1cnc(Cl)nc1N1CCN(c2cccc(Cl)c2)CC1. The summed E-state index contributed by atoms with van der Waals surface area (Å²) in [6, 6.07) is 7.98. The zero-order valence-electron chi connectivity index (χ0n) is 11.8. The van der Waals surface area contributed by atoms with E-state index in [0.29, 0.717) is 5.28 Å². The van der Waals surface area contributed by atoms with Gasteiger partial charge in [-0.25, -0.2) is 9.97 Å². The summed E-state index contributed by atoms with van der Waals surface area (Å²) in [5.41, 5.74) is 2.22. The van der Waals surface area contributed by atoms with Crippen molar-refractivity contribution in [1.82, 2.24) is 9.97 Å². The first-order chi connectivity index (χ1) is 10.1. The van der Waals surface area contributed by atoms with Gasteiger partial charge in [0.25, 0.3) is 0 Å². The normalized spacial score (nSPS) is 15.4. The zero-order valence-corrected chi connectivity index (χ0v) is 13.3. The van der Waals surface area contributed by atoms with Crippen LogP contribution in [0.15, 0.2) is 30.5 Å². The molecule has 0 amide bonds. The van der Waals surface area contributed by atoms with Crippen LogP contribution < -0.4 is 9.80 Å². The number of aromatic nitrogens is 2. The van der Waals surface area contributed by atoms with E-state index in [0.717, 1.165) is 42.6 Å². The molecule has 0 bridgehead atoms. The van der Waals surface area contributed by atoms with Gasteiger partial charge in [-0.3, -0.25) is 0 Å². The third-order valence-corrected chi connectivity index (χ3v) is 4.09. The highest BCUT2D eigenvalue weighted by Gasteiger charge is 2.20. The maximum absolute atomic E-state index is 6.06. The van der Waals surface area contributed by atoms with Crippen molar-refractivity contribution >= 4 is 34.7 Å². The molecule has 1 aliphatic heterocycles. The Kier molecular flexibility index (Phi) is 4.17. The smallest absolute Gasteiger partial charge is 0.224 e. The predicted octanol–water partition coefficient (Wildman–Crippen LogP) is 3.42. The molecule has 2 heterocycles. The third-order valence-electron chi connectivity index (χ3n) is 3.67. The molecule has 0 saturated carbocycles. The Hall–Kier alpha value is -1.52. The number of halogens is 2. The number of benzene rings is 1. The fourth-order valence-electron chi connectivity index (χ4n) is 2.58. The summed E-state index contributed by atoms with van der Waals surface area (Å²) < 4.78 is 0. The maximum Gasteiger partial charge on any atom is 0.224 e. The summed E-state index contributed by atoms with van der Waals surface area (Å²) in [6.07, 6.45) is 1.77. The van der Waals surface area contributed by atoms with E-state index < -0.39 is 0 Å². The molecule has 1 aromatic heterocycles. The maximum atomic E-state index is 6.06. The molecular weight excluding hydrogens is 307 g/mol. The molecule has 0 aliphatic carbocycles. The minimum atomic E-state index is 0.299. The average molecular weight is 323 g/mol. The molecule has 1 fully saturated rings. The number of aryl methyl sites for hydroxylation is 1. The number of hydrogen-bond donors (Lipinski definition) is 0. The van der Waals surface area contributed by atoms with E-state index in [-0.39, 0.29) is 0 Å². The summed E-state index contributed by atoms with van der Waals surface area (Å²) in [7, 11) is 0. The molecule has 0 N–H and O–H groups in total. The summed E-state index contributed by atoms with van der Waals surface area (Å²) in [4.78, 5) is 12.9. The Labute approximate surface area is 134 Å². The van der Waals surface area contributed by atoms with Gasteiger partial charge >= 0.3 is 0 Å². The number of rotatable bonds is 2. The van der Waals surface area contributed by atoms with E-state index in [4.69, 9.17) is 23.2 Å². The van der Waals surface area contributed by atoms with E-state index in [1.54, 1.807) is 6.20 Å². The Bertz CT molecular complexity index is 639. The molecule has 6 heteroatoms. The fraction of sp³-hybridized carbons (Fsp3) is 0.333. The lowest BCUT2D eigenvalue weighted by Gasteiger charge is -2.37. The topological polar surface area (TPSA) is 32.3 Å². The van der Waals surface area contributed by atoms with Crippen LogP contribution in [0.1, 0.15) is 5.56 Å². The lowest BCUT2D eigenvalue weighted by atomic mass is 10.2. The molecule has 0 unspecified atom stereocenters. The van der Waals surface area contributed by atoms with Gasteiger partial charge in [-0.1, -0.05) is 17.7 Å². The van der Waals surface area contributed by atoms with Crippen molar-refractivity contribution in [3.05, 3.63) is 46.3 Å². The van der Waals surface area contributed by atoms with Crippen molar-refractivity contribution in [1.29, 1.82) is 0 Å². The van der Waals surface area contributed by atoms with Gasteiger partial charge in [-0.2, -0.15) is 0 Å². The van der Waals surface area contributed by atoms with Crippen LogP contribution in [0.3, 0.4) is 0 Å². The van der Waals surface area contributed by atoms with Gasteiger partial charge in [0.05, 0.1) is 0 Å². The molecule has 3 rings (SSSR count). The molecule has 4 nitrogen and oxygen atoms in total. The van der Waals surface area contributed by atoms with Gasteiger partial charge in [0.1, 0.15) is 5.82 Å². The van der Waals surface area contributed by atoms with Crippen molar-refractivity contribution in [2.45, 2.75) is 6.92 Å². The number of nitrogens with zero attached hydrogens (tertiary/aromatic N) is 4. The van der Waals surface area contributed by atoms with Gasteiger partial charge in [0.15, 0.2) is 0 Å². The Morgan fingerprint density at radius 2 is 1.76 bits per heavy atom. The summed E-state index contributed by atoms with van der Waals surface area (Å²) >= 11 is 12.0. The quantitative estimate of drug-likeness (QED) is 0.793. The molecule has 1 saturated heterocycles. The number of anilines is 2. The second-order valence-electron chi connectivity index (χ2n) is 5.10. The van der Waals surface area contributed by atoms with Crippen molar-refractivity contribution in [3.8, 4) is 0 Å². The number of hydrogen-bond acceptors (Lipinski definition) is 4. The summed E-state index contributed by atoms with van der Waals surface area (Å²) in [6.45, 7) is 5.68. The van der Waals surface area contributed by atoms with E-state index in [1.807, 2.05) is 25.1 Å². The Balaban J connectivity index is 1.72. The highest BCUT2D eigenvalue weighted by molar-refractivity contribution is 6.30. The van der Waals surface area contributed by atoms with Crippen molar-refractivity contribution in [2.24, 2.45) is 0 Å². The van der Waals surface area contributed by atoms with Gasteiger partial charge in [0, 0.05) is 48.6 Å². The molecule has 2 aromatic rings. The van der Waals surface area contributed by atoms with Crippen LogP contribution in [0.5, 0.6) is 0 Å². The minimum absolute atomic E-state index is 0.299. The highest BCUT2D eigenvalue weighted by atomic mass is 35.5. The molecule has 21 heavy (non-hydrogen) atoms. The Morgan fingerprint density at radius 3 is 2.48 bits per heavy atom. The second-order valence-corrected chi connectivity index (χ2v) is 5.87. The van der Waals surface area contributed by atoms with E-state index in [2.05, 4.69) is 25.8 Å². The molecule has 1 aliphatic rings. The first kappa shape index (κ1) is 14.4. The molecule has 0 spiro atoms. The lowest BCUT2D eigenvalue weighted by Crippen LogP contribution is -2.47. The van der Waals surface area contributed by atoms with Gasteiger partial charge < -0.3 is 9.80 Å². The lowest BCUT2D eigenvalue weighted by molar-refractivity contribution is 0.645. The summed E-state index contributed by atoms with van der Waals surface area (Å²) in [5, 5.41) is 1.07. The van der Waals surface area contributed by atoms with E-state index in [1.165, 1.54) is 5.69 Å². The van der Waals surface area contributed by atoms with Crippen molar-refractivity contribution in [2.75, 3.05) is 36.0 Å². The van der Waals surface area contributed by atoms with Crippen LogP contribution >= 0.6 is 23.2 Å². The molecular formula is C15H16Cl2N4. The average Bonchev–Trinajstić information content (AvgIpc) is 2.50. The van der Waals surface area contributed by atoms with Gasteiger partial charge in [0.2, 0.25) is 5.28 Å². The van der Waals surface area contributed by atoms with Crippen LogP contribution in [-0.2, 0) is 0 Å². The third kappa shape index (κ3) is 3.22. The van der Waals surface area contributed by atoms with E-state index >= 15 is 0 Å². The fourth-order valence-corrected chi connectivity index (χ4v) is 2.90. The molecule has 1 aromatic carbocycles. The molecule has 0 atom stereocenters. The largest absolute Gasteiger partial charge is 0.368 e. The standard InChI is InChI=1S/C15H16Cl2N4/c1-11-10-18-15(17)19-14(11)21-7-5-20(6-8-21)13-4-2-3-12(16)9-13/h2-4,9-10H,5-8H2,1H3.